The molecule has 2 aromatic carbocycles. The summed E-state index contributed by atoms with van der Waals surface area (Å²) in [7, 11) is -1.63. The normalized spacial score (nSPS) is 11.9. The highest BCUT2D eigenvalue weighted by molar-refractivity contribution is 7.86. The van der Waals surface area contributed by atoms with Gasteiger partial charge >= 0.3 is 0 Å². The van der Waals surface area contributed by atoms with Gasteiger partial charge in [0, 0.05) is 0 Å². The average molecular weight is 343 g/mol. The smallest absolute Gasteiger partial charge is 0.237 e. The fourth-order valence-corrected chi connectivity index (χ4v) is 3.63. The molecule has 0 saturated carbocycles. The van der Waals surface area contributed by atoms with E-state index in [2.05, 4.69) is 5.32 Å². The number of carbonyl (C=O) groups excluding carboxylic acids is 1. The first-order valence-electron chi connectivity index (χ1n) is 5.96. The minimum absolute atomic E-state index is 0.252. The van der Waals surface area contributed by atoms with Crippen LogP contribution < -0.4 is 11.1 Å². The number of benzene rings is 2. The van der Waals surface area contributed by atoms with Gasteiger partial charge in [-0.3, -0.25) is 9.00 Å². The summed E-state index contributed by atoms with van der Waals surface area (Å²) in [5.41, 5.74) is 6.64. The molecule has 7 heteroatoms. The molecule has 0 aromatic heterocycles. The van der Waals surface area contributed by atoms with Crippen LogP contribution in [0.4, 0.5) is 11.4 Å². The van der Waals surface area contributed by atoms with Crippen molar-refractivity contribution in [3.8, 4) is 0 Å². The average Bonchev–Trinajstić information content (AvgIpc) is 2.41. The van der Waals surface area contributed by atoms with Crippen LogP contribution in [0, 0.1) is 0 Å². The van der Waals surface area contributed by atoms with Crippen molar-refractivity contribution in [3.63, 3.8) is 0 Å². The van der Waals surface area contributed by atoms with Gasteiger partial charge in [-0.2, -0.15) is 0 Å². The maximum absolute atomic E-state index is 12.2. The van der Waals surface area contributed by atoms with Crippen molar-refractivity contribution in [2.24, 2.45) is 0 Å². The van der Waals surface area contributed by atoms with E-state index in [-0.39, 0.29) is 20.7 Å². The highest BCUT2D eigenvalue weighted by atomic mass is 35.5. The van der Waals surface area contributed by atoms with E-state index in [1.807, 2.05) is 0 Å². The molecule has 2 aromatic rings. The van der Waals surface area contributed by atoms with Gasteiger partial charge in [-0.05, 0) is 24.3 Å². The maximum Gasteiger partial charge on any atom is 0.237 e. The number of amides is 1. The van der Waals surface area contributed by atoms with Crippen molar-refractivity contribution in [2.45, 2.75) is 4.90 Å². The van der Waals surface area contributed by atoms with Crippen LogP contribution in [0.15, 0.2) is 47.4 Å². The predicted octanol–water partition coefficient (Wildman–Crippen LogP) is 3.32. The zero-order valence-corrected chi connectivity index (χ0v) is 13.1. The molecule has 0 fully saturated rings. The lowest BCUT2D eigenvalue weighted by Crippen LogP contribution is -2.20. The largest absolute Gasteiger partial charge is 0.397 e. The molecular weight excluding hydrogens is 331 g/mol. The number of para-hydroxylation sites is 2. The zero-order valence-electron chi connectivity index (χ0n) is 10.8. The third-order valence-electron chi connectivity index (χ3n) is 2.64. The zero-order chi connectivity index (χ0) is 15.4. The lowest BCUT2D eigenvalue weighted by atomic mass is 10.3. The summed E-state index contributed by atoms with van der Waals surface area (Å²) < 4.78 is 12.2. The molecule has 0 saturated heterocycles. The van der Waals surface area contributed by atoms with Gasteiger partial charge in [0.1, 0.15) is 5.75 Å². The van der Waals surface area contributed by atoms with E-state index in [4.69, 9.17) is 28.9 Å². The van der Waals surface area contributed by atoms with Crippen LogP contribution in [0.25, 0.3) is 0 Å². The third-order valence-corrected chi connectivity index (χ3v) is 4.92. The molecule has 110 valence electrons. The number of rotatable bonds is 4. The fourth-order valence-electron chi connectivity index (χ4n) is 1.69. The Balaban J connectivity index is 2.10. The molecule has 1 atom stereocenters. The monoisotopic (exact) mass is 342 g/mol. The van der Waals surface area contributed by atoms with Crippen molar-refractivity contribution in [1.29, 1.82) is 0 Å². The number of halogens is 2. The van der Waals surface area contributed by atoms with Gasteiger partial charge in [-0.25, -0.2) is 0 Å². The molecule has 4 nitrogen and oxygen atoms in total. The summed E-state index contributed by atoms with van der Waals surface area (Å²) in [6.45, 7) is 0. The Morgan fingerprint density at radius 2 is 1.71 bits per heavy atom. The molecule has 0 aliphatic carbocycles. The Morgan fingerprint density at radius 3 is 2.33 bits per heavy atom. The first-order chi connectivity index (χ1) is 9.99. The van der Waals surface area contributed by atoms with Crippen LogP contribution in [0.1, 0.15) is 0 Å². The van der Waals surface area contributed by atoms with Crippen LogP contribution in [-0.4, -0.2) is 15.9 Å². The summed E-state index contributed by atoms with van der Waals surface area (Å²) in [6.07, 6.45) is 0. The Bertz CT molecular complexity index is 687. The third kappa shape index (κ3) is 3.97. The van der Waals surface area contributed by atoms with Gasteiger partial charge in [0.05, 0.1) is 37.1 Å². The van der Waals surface area contributed by atoms with E-state index >= 15 is 0 Å². The van der Waals surface area contributed by atoms with Crippen molar-refractivity contribution in [1.82, 2.24) is 0 Å². The molecule has 0 spiro atoms. The molecule has 0 aliphatic rings. The van der Waals surface area contributed by atoms with E-state index in [1.54, 1.807) is 42.5 Å². The van der Waals surface area contributed by atoms with Gasteiger partial charge in [0.2, 0.25) is 5.91 Å². The van der Waals surface area contributed by atoms with E-state index in [9.17, 15) is 9.00 Å². The summed E-state index contributed by atoms with van der Waals surface area (Å²) in [6, 6.07) is 11.6. The SMILES string of the molecule is Nc1ccccc1NC(=O)CS(=O)c1c(Cl)cccc1Cl. The van der Waals surface area contributed by atoms with Gasteiger partial charge < -0.3 is 11.1 Å². The van der Waals surface area contributed by atoms with E-state index in [0.29, 0.717) is 11.4 Å². The Morgan fingerprint density at radius 1 is 1.10 bits per heavy atom. The second kappa shape index (κ2) is 6.93. The van der Waals surface area contributed by atoms with Crippen LogP contribution >= 0.6 is 23.2 Å². The lowest BCUT2D eigenvalue weighted by molar-refractivity contribution is -0.113. The van der Waals surface area contributed by atoms with Crippen LogP contribution in [0.2, 0.25) is 10.0 Å². The standard InChI is InChI=1S/C14H12Cl2N2O2S/c15-9-4-3-5-10(16)14(9)21(20)8-13(19)18-12-7-2-1-6-11(12)17/h1-7H,8,17H2,(H,18,19). The quantitative estimate of drug-likeness (QED) is 0.837. The summed E-state index contributed by atoms with van der Waals surface area (Å²) in [5, 5.41) is 3.15. The van der Waals surface area contributed by atoms with Gasteiger partial charge in [0.25, 0.3) is 0 Å². The van der Waals surface area contributed by atoms with E-state index in [0.717, 1.165) is 0 Å². The maximum atomic E-state index is 12.2. The summed E-state index contributed by atoms with van der Waals surface area (Å²) in [4.78, 5) is 12.2. The van der Waals surface area contributed by atoms with Gasteiger partial charge in [-0.15, -0.1) is 0 Å². The minimum Gasteiger partial charge on any atom is -0.397 e. The van der Waals surface area contributed by atoms with Crippen LogP contribution in [-0.2, 0) is 15.6 Å². The topological polar surface area (TPSA) is 72.2 Å². The first kappa shape index (κ1) is 15.8. The molecule has 2 rings (SSSR count). The molecule has 1 amide bonds. The Hall–Kier alpha value is -1.56. The number of nitrogens with one attached hydrogen (secondary N) is 1. The number of anilines is 2. The van der Waals surface area contributed by atoms with Crippen molar-refractivity contribution >= 4 is 51.3 Å². The summed E-state index contributed by atoms with van der Waals surface area (Å²) in [5.74, 6) is -0.681. The molecular formula is C14H12Cl2N2O2S. The van der Waals surface area contributed by atoms with Gasteiger partial charge in [0.15, 0.2) is 0 Å². The fraction of sp³-hybridized carbons (Fsp3) is 0.0714. The van der Waals surface area contributed by atoms with Crippen molar-refractivity contribution in [3.05, 3.63) is 52.5 Å². The molecule has 1 unspecified atom stereocenters. The number of hydrogen-bond donors (Lipinski definition) is 2. The van der Waals surface area contributed by atoms with Crippen LogP contribution in [0.5, 0.6) is 0 Å². The minimum atomic E-state index is -1.63. The molecule has 0 bridgehead atoms. The molecule has 0 heterocycles. The second-order valence-electron chi connectivity index (χ2n) is 4.18. The highest BCUT2D eigenvalue weighted by Crippen LogP contribution is 2.28. The molecule has 0 radical (unpaired) electrons. The van der Waals surface area contributed by atoms with E-state index < -0.39 is 16.7 Å². The molecule has 21 heavy (non-hydrogen) atoms. The summed E-state index contributed by atoms with van der Waals surface area (Å²) >= 11 is 11.9. The highest BCUT2D eigenvalue weighted by Gasteiger charge is 2.17. The number of hydrogen-bond acceptors (Lipinski definition) is 3. The first-order valence-corrected chi connectivity index (χ1v) is 8.03. The lowest BCUT2D eigenvalue weighted by Gasteiger charge is -2.09. The number of nitrogens with two attached hydrogens (primary N) is 1. The Labute approximate surface area is 134 Å². The number of carbonyl (C=O) groups is 1. The van der Waals surface area contributed by atoms with Crippen molar-refractivity contribution in [2.75, 3.05) is 16.8 Å². The number of nitrogen functional groups attached to an aromatic ring is 1. The molecule has 0 aliphatic heterocycles. The Kier molecular flexibility index (Phi) is 5.22. The van der Waals surface area contributed by atoms with Crippen LogP contribution in [0.3, 0.4) is 0 Å². The molecule has 3 N–H and O–H groups in total. The van der Waals surface area contributed by atoms with Crippen molar-refractivity contribution < 1.29 is 9.00 Å². The van der Waals surface area contributed by atoms with E-state index in [1.165, 1.54) is 0 Å². The van der Waals surface area contributed by atoms with Gasteiger partial charge in [-0.1, -0.05) is 41.4 Å². The predicted molar refractivity (Wildman–Crippen MR) is 87.2 cm³/mol. The second-order valence-corrected chi connectivity index (χ2v) is 6.38.